The first kappa shape index (κ1) is 16.8. The second-order valence-corrected chi connectivity index (χ2v) is 5.85. The summed E-state index contributed by atoms with van der Waals surface area (Å²) in [5.41, 5.74) is 6.69. The molecule has 0 fully saturated rings. The molecule has 0 atom stereocenters. The second-order valence-electron chi connectivity index (χ2n) is 4.87. The van der Waals surface area contributed by atoms with Gasteiger partial charge in [-0.2, -0.15) is 0 Å². The Morgan fingerprint density at radius 1 is 1.17 bits per heavy atom. The van der Waals surface area contributed by atoms with Crippen molar-refractivity contribution in [2.75, 3.05) is 6.61 Å². The number of nitrogens with one attached hydrogen (secondary N) is 2. The van der Waals surface area contributed by atoms with Crippen molar-refractivity contribution in [3.05, 3.63) is 57.8 Å². The summed E-state index contributed by atoms with van der Waals surface area (Å²) in [7, 11) is 0. The number of hydrogen-bond donors (Lipinski definition) is 2. The number of hydrazine groups is 1. The number of carbonyl (C=O) groups is 2. The minimum Gasteiger partial charge on any atom is -0.483 e. The van der Waals surface area contributed by atoms with Gasteiger partial charge >= 0.3 is 0 Å². The van der Waals surface area contributed by atoms with Gasteiger partial charge in [-0.1, -0.05) is 18.2 Å². The second kappa shape index (κ2) is 8.14. The van der Waals surface area contributed by atoms with Crippen LogP contribution in [0.25, 0.3) is 6.08 Å². The molecule has 0 radical (unpaired) electrons. The molecule has 2 aromatic rings. The summed E-state index contributed by atoms with van der Waals surface area (Å²) in [5, 5.41) is 1.92. The lowest BCUT2D eigenvalue weighted by molar-refractivity contribution is -0.128. The Bertz CT molecular complexity index is 709. The molecule has 0 saturated heterocycles. The third-order valence-corrected chi connectivity index (χ3v) is 4.02. The molecule has 120 valence electrons. The molecule has 2 N–H and O–H groups in total. The molecule has 0 spiro atoms. The van der Waals surface area contributed by atoms with Gasteiger partial charge in [-0.05, 0) is 48.6 Å². The summed E-state index contributed by atoms with van der Waals surface area (Å²) >= 11 is 1.52. The number of amides is 2. The van der Waals surface area contributed by atoms with Crippen LogP contribution in [0.5, 0.6) is 5.75 Å². The van der Waals surface area contributed by atoms with Crippen LogP contribution >= 0.6 is 11.3 Å². The lowest BCUT2D eigenvalue weighted by Gasteiger charge is -2.11. The van der Waals surface area contributed by atoms with Gasteiger partial charge < -0.3 is 4.74 Å². The first-order valence-electron chi connectivity index (χ1n) is 7.05. The van der Waals surface area contributed by atoms with Crippen LogP contribution in [0.15, 0.2) is 41.8 Å². The molecular formula is C17H18N2O3S. The fraction of sp³-hybridized carbons (Fsp3) is 0.176. The van der Waals surface area contributed by atoms with Crippen LogP contribution in [0.4, 0.5) is 0 Å². The normalized spacial score (nSPS) is 10.5. The van der Waals surface area contributed by atoms with E-state index in [1.54, 1.807) is 12.1 Å². The minimum absolute atomic E-state index is 0.167. The van der Waals surface area contributed by atoms with Gasteiger partial charge in [0.1, 0.15) is 5.75 Å². The first-order valence-corrected chi connectivity index (χ1v) is 7.93. The summed E-state index contributed by atoms with van der Waals surface area (Å²) in [5.74, 6) is -0.175. The number of hydrogen-bond acceptors (Lipinski definition) is 4. The van der Waals surface area contributed by atoms with Crippen LogP contribution in [0, 0.1) is 13.8 Å². The molecule has 0 unspecified atom stereocenters. The van der Waals surface area contributed by atoms with Gasteiger partial charge in [0.2, 0.25) is 0 Å². The lowest BCUT2D eigenvalue weighted by atomic mass is 10.1. The van der Waals surface area contributed by atoms with E-state index in [1.165, 1.54) is 17.4 Å². The molecular weight excluding hydrogens is 312 g/mol. The van der Waals surface area contributed by atoms with Crippen molar-refractivity contribution in [1.29, 1.82) is 0 Å². The summed E-state index contributed by atoms with van der Waals surface area (Å²) in [6.07, 6.45) is 3.04. The fourth-order valence-electron chi connectivity index (χ4n) is 1.78. The zero-order valence-electron chi connectivity index (χ0n) is 13.0. The van der Waals surface area contributed by atoms with Crippen LogP contribution in [0.1, 0.15) is 16.0 Å². The van der Waals surface area contributed by atoms with Gasteiger partial charge in [0.25, 0.3) is 11.8 Å². The molecule has 6 heteroatoms. The highest BCUT2D eigenvalue weighted by Crippen LogP contribution is 2.20. The molecule has 0 aliphatic rings. The molecule has 0 bridgehead atoms. The predicted molar refractivity (Wildman–Crippen MR) is 91.0 cm³/mol. The van der Waals surface area contributed by atoms with E-state index in [9.17, 15) is 9.59 Å². The maximum absolute atomic E-state index is 11.7. The van der Waals surface area contributed by atoms with Crippen molar-refractivity contribution in [3.8, 4) is 5.75 Å². The highest BCUT2D eigenvalue weighted by atomic mass is 32.1. The summed E-state index contributed by atoms with van der Waals surface area (Å²) < 4.78 is 5.45. The maximum Gasteiger partial charge on any atom is 0.276 e. The van der Waals surface area contributed by atoms with Gasteiger partial charge in [0, 0.05) is 11.0 Å². The monoisotopic (exact) mass is 330 g/mol. The van der Waals surface area contributed by atoms with Crippen molar-refractivity contribution in [2.24, 2.45) is 0 Å². The predicted octanol–water partition coefficient (Wildman–Crippen LogP) is 2.60. The highest BCUT2D eigenvalue weighted by Gasteiger charge is 2.06. The van der Waals surface area contributed by atoms with E-state index in [-0.39, 0.29) is 6.61 Å². The van der Waals surface area contributed by atoms with Crippen LogP contribution in [-0.4, -0.2) is 18.4 Å². The first-order chi connectivity index (χ1) is 11.1. The number of rotatable bonds is 5. The van der Waals surface area contributed by atoms with Crippen LogP contribution in [-0.2, 0) is 9.59 Å². The SMILES string of the molecule is Cc1cccc(OCC(=O)NNC(=O)/C=C/c2cccs2)c1C. The Hall–Kier alpha value is -2.60. The Kier molecular flexibility index (Phi) is 5.94. The number of benzene rings is 1. The number of carbonyl (C=O) groups excluding carboxylic acids is 2. The molecule has 0 aliphatic heterocycles. The Labute approximate surface area is 139 Å². The molecule has 2 amide bonds. The van der Waals surface area contributed by atoms with Gasteiger partial charge in [-0.25, -0.2) is 0 Å². The summed E-state index contributed by atoms with van der Waals surface area (Å²) in [6.45, 7) is 3.74. The average Bonchev–Trinajstić information content (AvgIpc) is 3.05. The van der Waals surface area contributed by atoms with Gasteiger partial charge in [0.15, 0.2) is 6.61 Å². The zero-order chi connectivity index (χ0) is 16.7. The summed E-state index contributed by atoms with van der Waals surface area (Å²) in [4.78, 5) is 24.2. The van der Waals surface area contributed by atoms with Gasteiger partial charge in [-0.15, -0.1) is 11.3 Å². The van der Waals surface area contributed by atoms with E-state index in [4.69, 9.17) is 4.74 Å². The molecule has 2 rings (SSSR count). The molecule has 1 aromatic carbocycles. The highest BCUT2D eigenvalue weighted by molar-refractivity contribution is 7.10. The van der Waals surface area contributed by atoms with Crippen molar-refractivity contribution in [3.63, 3.8) is 0 Å². The lowest BCUT2D eigenvalue weighted by Crippen LogP contribution is -2.43. The number of thiophene rings is 1. The van der Waals surface area contributed by atoms with Crippen LogP contribution in [0.2, 0.25) is 0 Å². The molecule has 0 saturated carbocycles. The van der Waals surface area contributed by atoms with Gasteiger partial charge in [0.05, 0.1) is 0 Å². The van der Waals surface area contributed by atoms with Crippen molar-refractivity contribution in [1.82, 2.24) is 10.9 Å². The third-order valence-electron chi connectivity index (χ3n) is 3.18. The fourth-order valence-corrected chi connectivity index (χ4v) is 2.39. The topological polar surface area (TPSA) is 67.4 Å². The van der Waals surface area contributed by atoms with Crippen molar-refractivity contribution >= 4 is 29.2 Å². The molecule has 1 heterocycles. The Morgan fingerprint density at radius 3 is 2.74 bits per heavy atom. The molecule has 0 aliphatic carbocycles. The van der Waals surface area contributed by atoms with E-state index in [0.29, 0.717) is 5.75 Å². The number of ether oxygens (including phenoxy) is 1. The summed E-state index contributed by atoms with van der Waals surface area (Å²) in [6, 6.07) is 9.44. The van der Waals surface area contributed by atoms with E-state index in [1.807, 2.05) is 43.5 Å². The van der Waals surface area contributed by atoms with Crippen molar-refractivity contribution < 1.29 is 14.3 Å². The average molecular weight is 330 g/mol. The molecule has 5 nitrogen and oxygen atoms in total. The van der Waals surface area contributed by atoms with E-state index < -0.39 is 11.8 Å². The smallest absolute Gasteiger partial charge is 0.276 e. The minimum atomic E-state index is -0.427. The van der Waals surface area contributed by atoms with Crippen molar-refractivity contribution in [2.45, 2.75) is 13.8 Å². The zero-order valence-corrected chi connectivity index (χ0v) is 13.8. The Morgan fingerprint density at radius 2 is 2.00 bits per heavy atom. The standard InChI is InChI=1S/C17H18N2O3S/c1-12-5-3-7-15(13(12)2)22-11-17(21)19-18-16(20)9-8-14-6-4-10-23-14/h3-10H,11H2,1-2H3,(H,18,20)(H,19,21)/b9-8+. The quantitative estimate of drug-likeness (QED) is 0.654. The van der Waals surface area contributed by atoms with E-state index in [2.05, 4.69) is 10.9 Å². The largest absolute Gasteiger partial charge is 0.483 e. The molecule has 1 aromatic heterocycles. The molecule has 23 heavy (non-hydrogen) atoms. The number of aryl methyl sites for hydroxylation is 1. The Balaban J connectivity index is 1.74. The van der Waals surface area contributed by atoms with Crippen LogP contribution < -0.4 is 15.6 Å². The van der Waals surface area contributed by atoms with Gasteiger partial charge in [-0.3, -0.25) is 20.4 Å². The maximum atomic E-state index is 11.7. The van der Waals surface area contributed by atoms with E-state index in [0.717, 1.165) is 16.0 Å². The van der Waals surface area contributed by atoms with E-state index >= 15 is 0 Å². The third kappa shape index (κ3) is 5.27. The van der Waals surface area contributed by atoms with Crippen LogP contribution in [0.3, 0.4) is 0 Å².